The van der Waals surface area contributed by atoms with Gasteiger partial charge in [0.2, 0.25) is 0 Å². The molecule has 0 spiro atoms. The Hall–Kier alpha value is -0.0800. The van der Waals surface area contributed by atoms with E-state index in [1.807, 2.05) is 0 Å². The molecular formula is C11H22N2. The Labute approximate surface area is 81.9 Å². The summed E-state index contributed by atoms with van der Waals surface area (Å²) in [6, 6.07) is 0.847. The molecule has 2 fully saturated rings. The second-order valence-corrected chi connectivity index (χ2v) is 5.67. The molecule has 0 aromatic heterocycles. The number of nitrogens with zero attached hydrogens (tertiary/aromatic N) is 2. The largest absolute Gasteiger partial charge is 0.302 e. The third-order valence-corrected chi connectivity index (χ3v) is 3.77. The number of rotatable bonds is 0. The third-order valence-electron chi connectivity index (χ3n) is 3.77. The maximum atomic E-state index is 2.64. The molecule has 0 aromatic carbocycles. The molecule has 0 unspecified atom stereocenters. The van der Waals surface area contributed by atoms with Crippen LogP contribution in [0.1, 0.15) is 27.2 Å². The van der Waals surface area contributed by atoms with Gasteiger partial charge in [0.15, 0.2) is 0 Å². The summed E-state index contributed by atoms with van der Waals surface area (Å²) < 4.78 is 0. The first-order valence-corrected chi connectivity index (χ1v) is 5.44. The van der Waals surface area contributed by atoms with Crippen molar-refractivity contribution in [2.24, 2.45) is 5.92 Å². The van der Waals surface area contributed by atoms with E-state index in [0.29, 0.717) is 5.54 Å². The van der Waals surface area contributed by atoms with Gasteiger partial charge in [0.1, 0.15) is 0 Å². The molecule has 76 valence electrons. The zero-order valence-electron chi connectivity index (χ0n) is 9.38. The summed E-state index contributed by atoms with van der Waals surface area (Å²) in [7, 11) is 2.27. The molecule has 2 rings (SSSR count). The van der Waals surface area contributed by atoms with Crippen molar-refractivity contribution in [2.75, 3.05) is 26.7 Å². The zero-order valence-corrected chi connectivity index (χ0v) is 9.38. The predicted molar refractivity (Wildman–Crippen MR) is 55.9 cm³/mol. The van der Waals surface area contributed by atoms with E-state index in [9.17, 15) is 0 Å². The van der Waals surface area contributed by atoms with Crippen LogP contribution in [0, 0.1) is 5.92 Å². The van der Waals surface area contributed by atoms with Crippen molar-refractivity contribution >= 4 is 0 Å². The minimum atomic E-state index is 0.366. The number of likely N-dealkylation sites (tertiary alicyclic amines) is 2. The highest BCUT2D eigenvalue weighted by Crippen LogP contribution is 2.33. The Morgan fingerprint density at radius 3 is 2.38 bits per heavy atom. The number of hydrogen-bond donors (Lipinski definition) is 0. The first kappa shape index (κ1) is 9.47. The van der Waals surface area contributed by atoms with E-state index in [-0.39, 0.29) is 0 Å². The van der Waals surface area contributed by atoms with Crippen LogP contribution in [0.15, 0.2) is 0 Å². The fraction of sp³-hybridized carbons (Fsp3) is 1.00. The van der Waals surface area contributed by atoms with Crippen molar-refractivity contribution in [1.29, 1.82) is 0 Å². The van der Waals surface area contributed by atoms with Crippen molar-refractivity contribution < 1.29 is 0 Å². The molecule has 0 saturated carbocycles. The Balaban J connectivity index is 2.03. The van der Waals surface area contributed by atoms with Crippen molar-refractivity contribution in [3.8, 4) is 0 Å². The summed E-state index contributed by atoms with van der Waals surface area (Å²) in [4.78, 5) is 5.18. The van der Waals surface area contributed by atoms with Crippen LogP contribution in [0.3, 0.4) is 0 Å². The van der Waals surface area contributed by atoms with Crippen LogP contribution in [-0.2, 0) is 0 Å². The van der Waals surface area contributed by atoms with Crippen molar-refractivity contribution in [3.05, 3.63) is 0 Å². The zero-order chi connectivity index (χ0) is 9.64. The van der Waals surface area contributed by atoms with Gasteiger partial charge in [0, 0.05) is 24.7 Å². The van der Waals surface area contributed by atoms with Gasteiger partial charge in [-0.25, -0.2) is 0 Å². The first-order chi connectivity index (χ1) is 5.98. The average molecular weight is 182 g/mol. The van der Waals surface area contributed by atoms with Gasteiger partial charge in [0.05, 0.1) is 0 Å². The lowest BCUT2D eigenvalue weighted by Gasteiger charge is -2.33. The van der Waals surface area contributed by atoms with E-state index in [1.54, 1.807) is 0 Å². The Morgan fingerprint density at radius 2 is 1.85 bits per heavy atom. The quantitative estimate of drug-likeness (QED) is 0.559. The van der Waals surface area contributed by atoms with Crippen LogP contribution < -0.4 is 0 Å². The average Bonchev–Trinajstić information content (AvgIpc) is 2.51. The van der Waals surface area contributed by atoms with Crippen LogP contribution in [0.4, 0.5) is 0 Å². The molecule has 2 heteroatoms. The Morgan fingerprint density at radius 1 is 1.15 bits per heavy atom. The van der Waals surface area contributed by atoms with Gasteiger partial charge >= 0.3 is 0 Å². The smallest absolute Gasteiger partial charge is 0.0261 e. The summed E-state index contributed by atoms with van der Waals surface area (Å²) in [5.74, 6) is 0.948. The summed E-state index contributed by atoms with van der Waals surface area (Å²) in [5.41, 5.74) is 0.366. The maximum absolute atomic E-state index is 2.64. The summed E-state index contributed by atoms with van der Waals surface area (Å²) >= 11 is 0. The van der Waals surface area contributed by atoms with Gasteiger partial charge in [-0.15, -0.1) is 0 Å². The molecule has 13 heavy (non-hydrogen) atoms. The summed E-state index contributed by atoms with van der Waals surface area (Å²) in [5, 5.41) is 0. The summed E-state index contributed by atoms with van der Waals surface area (Å²) in [6.45, 7) is 10.9. The lowest BCUT2D eigenvalue weighted by atomic mass is 10.0. The minimum Gasteiger partial charge on any atom is -0.302 e. The molecule has 0 aliphatic carbocycles. The highest BCUT2D eigenvalue weighted by molar-refractivity contribution is 4.98. The minimum absolute atomic E-state index is 0.366. The highest BCUT2D eigenvalue weighted by Gasteiger charge is 2.42. The van der Waals surface area contributed by atoms with Crippen LogP contribution in [0.5, 0.6) is 0 Å². The van der Waals surface area contributed by atoms with Crippen molar-refractivity contribution in [1.82, 2.24) is 9.80 Å². The van der Waals surface area contributed by atoms with Crippen molar-refractivity contribution in [3.63, 3.8) is 0 Å². The Kier molecular flexibility index (Phi) is 2.16. The van der Waals surface area contributed by atoms with Crippen molar-refractivity contribution in [2.45, 2.75) is 38.8 Å². The number of likely N-dealkylation sites (N-methyl/N-ethyl adjacent to an activating group) is 1. The van der Waals surface area contributed by atoms with Crippen LogP contribution in [-0.4, -0.2) is 48.1 Å². The van der Waals surface area contributed by atoms with Gasteiger partial charge in [0.25, 0.3) is 0 Å². The van der Waals surface area contributed by atoms with E-state index >= 15 is 0 Å². The molecule has 0 radical (unpaired) electrons. The molecule has 0 amide bonds. The Bertz CT molecular complexity index is 195. The molecule has 0 N–H and O–H groups in total. The molecule has 2 saturated heterocycles. The van der Waals surface area contributed by atoms with Crippen LogP contribution >= 0.6 is 0 Å². The molecule has 2 aliphatic heterocycles. The predicted octanol–water partition coefficient (Wildman–Crippen LogP) is 1.42. The normalized spacial score (nSPS) is 36.9. The summed E-state index contributed by atoms with van der Waals surface area (Å²) in [6.07, 6.45) is 1.41. The molecule has 2 heterocycles. The van der Waals surface area contributed by atoms with Gasteiger partial charge in [-0.1, -0.05) is 0 Å². The second-order valence-electron chi connectivity index (χ2n) is 5.67. The van der Waals surface area contributed by atoms with Gasteiger partial charge in [-0.2, -0.15) is 0 Å². The topological polar surface area (TPSA) is 6.48 Å². The molecule has 2 atom stereocenters. The molecule has 0 bridgehead atoms. The number of fused-ring (bicyclic) bond motifs is 1. The van der Waals surface area contributed by atoms with Gasteiger partial charge in [-0.05, 0) is 46.7 Å². The highest BCUT2D eigenvalue weighted by atomic mass is 15.3. The van der Waals surface area contributed by atoms with Gasteiger partial charge in [-0.3, -0.25) is 4.90 Å². The second kappa shape index (κ2) is 2.96. The fourth-order valence-electron chi connectivity index (χ4n) is 2.72. The van der Waals surface area contributed by atoms with Crippen LogP contribution in [0.2, 0.25) is 0 Å². The van der Waals surface area contributed by atoms with Crippen LogP contribution in [0.25, 0.3) is 0 Å². The lowest BCUT2D eigenvalue weighted by Crippen LogP contribution is -2.42. The molecular weight excluding hydrogens is 160 g/mol. The third kappa shape index (κ3) is 1.62. The first-order valence-electron chi connectivity index (χ1n) is 5.44. The van der Waals surface area contributed by atoms with E-state index in [4.69, 9.17) is 0 Å². The van der Waals surface area contributed by atoms with Gasteiger partial charge < -0.3 is 4.90 Å². The molecule has 2 nitrogen and oxygen atoms in total. The SMILES string of the molecule is CN1CC[C@@H]2CN(C(C)(C)C)C[C@@H]21. The maximum Gasteiger partial charge on any atom is 0.0261 e. The monoisotopic (exact) mass is 182 g/mol. The lowest BCUT2D eigenvalue weighted by molar-refractivity contribution is 0.151. The molecule has 0 aromatic rings. The van der Waals surface area contributed by atoms with E-state index in [2.05, 4.69) is 37.6 Å². The van der Waals surface area contributed by atoms with E-state index in [0.717, 1.165) is 12.0 Å². The van der Waals surface area contributed by atoms with E-state index in [1.165, 1.54) is 26.1 Å². The fourth-order valence-corrected chi connectivity index (χ4v) is 2.72. The molecule has 2 aliphatic rings. The number of hydrogen-bond acceptors (Lipinski definition) is 2. The van der Waals surface area contributed by atoms with E-state index < -0.39 is 0 Å². The standard InChI is InChI=1S/C11H22N2/c1-11(2,3)13-7-9-5-6-12(4)10(9)8-13/h9-10H,5-8H2,1-4H3/t9-,10+/m1/s1.